The summed E-state index contributed by atoms with van der Waals surface area (Å²) in [5, 5.41) is 3.59. The second-order valence-corrected chi connectivity index (χ2v) is 4.89. The molecule has 0 aromatic heterocycles. The van der Waals surface area contributed by atoms with Gasteiger partial charge < -0.3 is 5.32 Å². The predicted octanol–water partition coefficient (Wildman–Crippen LogP) is 2.17. The van der Waals surface area contributed by atoms with E-state index in [2.05, 4.69) is 26.1 Å². The summed E-state index contributed by atoms with van der Waals surface area (Å²) in [5.41, 5.74) is 0.561. The minimum atomic E-state index is 0.561. The first-order valence-corrected chi connectivity index (χ1v) is 4.89. The molecule has 0 aromatic rings. The van der Waals surface area contributed by atoms with E-state index in [-0.39, 0.29) is 0 Å². The minimum absolute atomic E-state index is 0.561. The Morgan fingerprint density at radius 3 is 2.73 bits per heavy atom. The van der Waals surface area contributed by atoms with Gasteiger partial charge in [-0.05, 0) is 38.0 Å². The quantitative estimate of drug-likeness (QED) is 0.573. The van der Waals surface area contributed by atoms with E-state index in [1.165, 1.54) is 19.3 Å². The van der Waals surface area contributed by atoms with Crippen molar-refractivity contribution in [3.63, 3.8) is 0 Å². The second kappa shape index (κ2) is 2.22. The Hall–Kier alpha value is -0.0400. The third-order valence-electron chi connectivity index (χ3n) is 3.71. The van der Waals surface area contributed by atoms with Gasteiger partial charge >= 0.3 is 0 Å². The van der Waals surface area contributed by atoms with Gasteiger partial charge in [0.15, 0.2) is 0 Å². The lowest BCUT2D eigenvalue weighted by atomic mass is 9.78. The molecule has 0 aromatic carbocycles. The molecule has 1 nitrogen and oxygen atoms in total. The molecule has 1 aliphatic carbocycles. The lowest BCUT2D eigenvalue weighted by Gasteiger charge is -2.26. The van der Waals surface area contributed by atoms with Crippen LogP contribution in [0.1, 0.15) is 40.0 Å². The van der Waals surface area contributed by atoms with Gasteiger partial charge in [-0.15, -0.1) is 0 Å². The number of hydrogen-bond acceptors (Lipinski definition) is 1. The average Bonchev–Trinajstić information content (AvgIpc) is 2.58. The van der Waals surface area contributed by atoms with Gasteiger partial charge in [0.05, 0.1) is 0 Å². The van der Waals surface area contributed by atoms with Crippen LogP contribution in [0.3, 0.4) is 0 Å². The molecule has 1 aliphatic heterocycles. The highest BCUT2D eigenvalue weighted by atomic mass is 15.2. The standard InChI is InChI=1S/C10H19N/c1-7(2)8-4-5-10(3)9(6-8)11-10/h7-9,11H,4-6H2,1-3H3. The van der Waals surface area contributed by atoms with E-state index in [4.69, 9.17) is 0 Å². The van der Waals surface area contributed by atoms with Gasteiger partial charge in [-0.2, -0.15) is 0 Å². The molecule has 0 spiro atoms. The fourth-order valence-corrected chi connectivity index (χ4v) is 2.43. The van der Waals surface area contributed by atoms with Crippen LogP contribution in [0.25, 0.3) is 0 Å². The summed E-state index contributed by atoms with van der Waals surface area (Å²) in [4.78, 5) is 0. The zero-order valence-electron chi connectivity index (χ0n) is 7.85. The zero-order chi connectivity index (χ0) is 8.06. The summed E-state index contributed by atoms with van der Waals surface area (Å²) in [5.74, 6) is 1.88. The third-order valence-corrected chi connectivity index (χ3v) is 3.71. The molecule has 0 bridgehead atoms. The minimum Gasteiger partial charge on any atom is -0.305 e. The highest BCUT2D eigenvalue weighted by Crippen LogP contribution is 2.44. The molecule has 0 amide bonds. The fraction of sp³-hybridized carbons (Fsp3) is 1.00. The summed E-state index contributed by atoms with van der Waals surface area (Å²) in [7, 11) is 0. The Morgan fingerprint density at radius 1 is 1.45 bits per heavy atom. The first-order chi connectivity index (χ1) is 5.12. The van der Waals surface area contributed by atoms with Crippen molar-refractivity contribution in [1.82, 2.24) is 5.32 Å². The maximum absolute atomic E-state index is 3.59. The van der Waals surface area contributed by atoms with Crippen molar-refractivity contribution in [2.24, 2.45) is 11.8 Å². The number of nitrogens with one attached hydrogen (secondary N) is 1. The molecule has 0 radical (unpaired) electrons. The molecule has 1 heterocycles. The number of rotatable bonds is 1. The normalized spacial score (nSPS) is 49.1. The van der Waals surface area contributed by atoms with Crippen LogP contribution in [-0.2, 0) is 0 Å². The Balaban J connectivity index is 1.93. The van der Waals surface area contributed by atoms with E-state index in [0.717, 1.165) is 17.9 Å². The molecular weight excluding hydrogens is 134 g/mol. The van der Waals surface area contributed by atoms with Gasteiger partial charge in [-0.25, -0.2) is 0 Å². The molecule has 1 saturated heterocycles. The smallest absolute Gasteiger partial charge is 0.0310 e. The van der Waals surface area contributed by atoms with Gasteiger partial charge in [0.25, 0.3) is 0 Å². The molecule has 2 fully saturated rings. The molecule has 2 rings (SSSR count). The summed E-state index contributed by atoms with van der Waals surface area (Å²) >= 11 is 0. The van der Waals surface area contributed by atoms with Crippen LogP contribution < -0.4 is 5.32 Å². The van der Waals surface area contributed by atoms with Crippen molar-refractivity contribution in [2.45, 2.75) is 51.6 Å². The average molecular weight is 153 g/mol. The van der Waals surface area contributed by atoms with E-state index >= 15 is 0 Å². The molecule has 1 N–H and O–H groups in total. The Bertz CT molecular complexity index is 164. The van der Waals surface area contributed by atoms with Crippen LogP contribution >= 0.6 is 0 Å². The van der Waals surface area contributed by atoms with E-state index in [1.807, 2.05) is 0 Å². The molecular formula is C10H19N. The molecule has 1 saturated carbocycles. The van der Waals surface area contributed by atoms with Crippen molar-refractivity contribution in [1.29, 1.82) is 0 Å². The highest BCUT2D eigenvalue weighted by molar-refractivity contribution is 5.14. The Morgan fingerprint density at radius 2 is 2.18 bits per heavy atom. The predicted molar refractivity (Wildman–Crippen MR) is 47.5 cm³/mol. The van der Waals surface area contributed by atoms with Crippen LogP contribution in [-0.4, -0.2) is 11.6 Å². The van der Waals surface area contributed by atoms with Crippen molar-refractivity contribution >= 4 is 0 Å². The van der Waals surface area contributed by atoms with Crippen LogP contribution in [0.5, 0.6) is 0 Å². The molecule has 1 heteroatoms. The summed E-state index contributed by atoms with van der Waals surface area (Å²) in [6.45, 7) is 7.08. The fourth-order valence-electron chi connectivity index (χ4n) is 2.43. The number of fused-ring (bicyclic) bond motifs is 1. The summed E-state index contributed by atoms with van der Waals surface area (Å²) in [6, 6.07) is 0.864. The second-order valence-electron chi connectivity index (χ2n) is 4.89. The van der Waals surface area contributed by atoms with Crippen LogP contribution in [0, 0.1) is 11.8 Å². The Kier molecular flexibility index (Phi) is 1.54. The highest BCUT2D eigenvalue weighted by Gasteiger charge is 2.52. The lowest BCUT2D eigenvalue weighted by molar-refractivity contribution is 0.280. The van der Waals surface area contributed by atoms with Crippen molar-refractivity contribution in [3.8, 4) is 0 Å². The van der Waals surface area contributed by atoms with Crippen molar-refractivity contribution in [2.75, 3.05) is 0 Å². The molecule has 2 aliphatic rings. The topological polar surface area (TPSA) is 21.9 Å². The van der Waals surface area contributed by atoms with Gasteiger partial charge in [0.1, 0.15) is 0 Å². The molecule has 11 heavy (non-hydrogen) atoms. The van der Waals surface area contributed by atoms with E-state index < -0.39 is 0 Å². The third kappa shape index (κ3) is 1.20. The van der Waals surface area contributed by atoms with Gasteiger partial charge in [-0.1, -0.05) is 13.8 Å². The molecule has 64 valence electrons. The lowest BCUT2D eigenvalue weighted by Crippen LogP contribution is -2.24. The maximum atomic E-state index is 3.59. The SMILES string of the molecule is CC(C)C1CCC2(C)NC2C1. The summed E-state index contributed by atoms with van der Waals surface area (Å²) in [6.07, 6.45) is 4.27. The van der Waals surface area contributed by atoms with E-state index in [9.17, 15) is 0 Å². The monoisotopic (exact) mass is 153 g/mol. The van der Waals surface area contributed by atoms with E-state index in [0.29, 0.717) is 5.54 Å². The van der Waals surface area contributed by atoms with Crippen molar-refractivity contribution in [3.05, 3.63) is 0 Å². The first-order valence-electron chi connectivity index (χ1n) is 4.89. The maximum Gasteiger partial charge on any atom is 0.0310 e. The van der Waals surface area contributed by atoms with Gasteiger partial charge in [-0.3, -0.25) is 0 Å². The van der Waals surface area contributed by atoms with Gasteiger partial charge in [0.2, 0.25) is 0 Å². The van der Waals surface area contributed by atoms with Crippen molar-refractivity contribution < 1.29 is 0 Å². The van der Waals surface area contributed by atoms with Gasteiger partial charge in [0, 0.05) is 11.6 Å². The molecule has 3 unspecified atom stereocenters. The van der Waals surface area contributed by atoms with Crippen LogP contribution in [0.4, 0.5) is 0 Å². The zero-order valence-corrected chi connectivity index (χ0v) is 7.85. The molecule has 3 atom stereocenters. The largest absolute Gasteiger partial charge is 0.305 e. The summed E-state index contributed by atoms with van der Waals surface area (Å²) < 4.78 is 0. The Labute approximate surface area is 69.6 Å². The van der Waals surface area contributed by atoms with Crippen LogP contribution in [0.15, 0.2) is 0 Å². The van der Waals surface area contributed by atoms with Crippen LogP contribution in [0.2, 0.25) is 0 Å². The first kappa shape index (κ1) is 7.60. The van der Waals surface area contributed by atoms with E-state index in [1.54, 1.807) is 0 Å². The number of hydrogen-bond donors (Lipinski definition) is 1.